The topological polar surface area (TPSA) is 105 Å². The fourth-order valence-electron chi connectivity index (χ4n) is 3.81. The van der Waals surface area contributed by atoms with E-state index in [1.54, 1.807) is 11.0 Å². The van der Waals surface area contributed by atoms with E-state index in [-0.39, 0.29) is 23.2 Å². The Morgan fingerprint density at radius 3 is 2.50 bits per heavy atom. The van der Waals surface area contributed by atoms with Crippen LogP contribution in [0.15, 0.2) is 56.8 Å². The van der Waals surface area contributed by atoms with Gasteiger partial charge in [0.25, 0.3) is 5.91 Å². The van der Waals surface area contributed by atoms with Crippen LogP contribution in [0.1, 0.15) is 54.4 Å². The maximum atomic E-state index is 12.9. The van der Waals surface area contributed by atoms with Gasteiger partial charge < -0.3 is 9.42 Å². The zero-order chi connectivity index (χ0) is 24.3. The molecule has 180 valence electrons. The van der Waals surface area contributed by atoms with Crippen molar-refractivity contribution in [2.24, 2.45) is 0 Å². The molecule has 1 aliphatic heterocycles. The molecule has 2 heterocycles. The molecule has 2 aromatic carbocycles. The molecule has 0 bridgehead atoms. The van der Waals surface area contributed by atoms with Crippen LogP contribution in [-0.2, 0) is 16.6 Å². The van der Waals surface area contributed by atoms with E-state index in [1.807, 2.05) is 30.5 Å². The minimum absolute atomic E-state index is 0.0249. The van der Waals surface area contributed by atoms with Crippen LogP contribution in [0.2, 0.25) is 0 Å². The lowest BCUT2D eigenvalue weighted by atomic mass is 10.0. The molecule has 1 amide bonds. The molecule has 1 N–H and O–H groups in total. The van der Waals surface area contributed by atoms with Crippen LogP contribution in [0.5, 0.6) is 0 Å². The number of benzene rings is 2. The summed E-state index contributed by atoms with van der Waals surface area (Å²) in [7, 11) is -3.89. The van der Waals surface area contributed by atoms with Gasteiger partial charge in [-0.05, 0) is 48.8 Å². The van der Waals surface area contributed by atoms with E-state index < -0.39 is 10.0 Å². The van der Waals surface area contributed by atoms with E-state index in [4.69, 9.17) is 4.52 Å². The largest absolute Gasteiger partial charge is 0.339 e. The van der Waals surface area contributed by atoms with Crippen molar-refractivity contribution in [1.82, 2.24) is 19.8 Å². The molecule has 0 aliphatic carbocycles. The van der Waals surface area contributed by atoms with E-state index in [2.05, 4.69) is 28.7 Å². The van der Waals surface area contributed by atoms with Crippen molar-refractivity contribution < 1.29 is 17.7 Å². The van der Waals surface area contributed by atoms with Crippen LogP contribution < -0.4 is 4.72 Å². The first-order chi connectivity index (χ1) is 16.3. The van der Waals surface area contributed by atoms with Crippen LogP contribution in [0.3, 0.4) is 0 Å². The maximum absolute atomic E-state index is 12.9. The number of rotatable bonds is 8. The van der Waals surface area contributed by atoms with Gasteiger partial charge in [0.05, 0.1) is 17.0 Å². The summed E-state index contributed by atoms with van der Waals surface area (Å²) in [5.41, 5.74) is 2.40. The molecular formula is C24H28N4O4S2. The van der Waals surface area contributed by atoms with Gasteiger partial charge in [-0.3, -0.25) is 4.79 Å². The third-order valence-corrected chi connectivity index (χ3v) is 8.02. The average molecular weight is 501 g/mol. The van der Waals surface area contributed by atoms with Crippen molar-refractivity contribution in [2.45, 2.75) is 48.9 Å². The fourth-order valence-corrected chi connectivity index (χ4v) is 5.38. The maximum Gasteiger partial charge on any atom is 0.255 e. The highest BCUT2D eigenvalue weighted by molar-refractivity contribution is 7.98. The van der Waals surface area contributed by atoms with E-state index in [0.29, 0.717) is 30.4 Å². The number of hydrogen-bond donors (Lipinski definition) is 1. The second kappa shape index (κ2) is 10.3. The summed E-state index contributed by atoms with van der Waals surface area (Å²) < 4.78 is 33.6. The Hall–Kier alpha value is -2.69. The molecule has 0 unspecified atom stereocenters. The first kappa shape index (κ1) is 24.4. The predicted octanol–water partition coefficient (Wildman–Crippen LogP) is 4.30. The van der Waals surface area contributed by atoms with Crippen LogP contribution in [0, 0.1) is 0 Å². The fraction of sp³-hybridized carbons (Fsp3) is 0.375. The van der Waals surface area contributed by atoms with Gasteiger partial charge >= 0.3 is 0 Å². The number of amides is 1. The van der Waals surface area contributed by atoms with Gasteiger partial charge in [-0.2, -0.15) is 4.98 Å². The standard InChI is InChI=1S/C24H28N4O4S2/c1-16(2)17-6-8-18(9-7-17)23-26-22(32-27-23)15-25-34(30,31)19-10-11-21(33-3)20(14-19)24(29)28-12-4-5-13-28/h6-11,14,16,25H,4-5,12-13,15H2,1-3H3. The molecule has 34 heavy (non-hydrogen) atoms. The number of thioether (sulfide) groups is 1. The van der Waals surface area contributed by atoms with Crippen molar-refractivity contribution in [3.05, 3.63) is 59.5 Å². The number of carbonyl (C=O) groups excluding carboxylic acids is 1. The second-order valence-corrected chi connectivity index (χ2v) is 11.1. The quantitative estimate of drug-likeness (QED) is 0.460. The molecule has 1 aliphatic rings. The van der Waals surface area contributed by atoms with Gasteiger partial charge in [0.15, 0.2) is 0 Å². The number of sulfonamides is 1. The van der Waals surface area contributed by atoms with E-state index in [9.17, 15) is 13.2 Å². The van der Waals surface area contributed by atoms with Crippen molar-refractivity contribution in [3.63, 3.8) is 0 Å². The zero-order valence-corrected chi connectivity index (χ0v) is 21.1. The smallest absolute Gasteiger partial charge is 0.255 e. The molecule has 0 atom stereocenters. The van der Waals surface area contributed by atoms with Crippen molar-refractivity contribution in [1.29, 1.82) is 0 Å². The SMILES string of the molecule is CSc1ccc(S(=O)(=O)NCc2nc(-c3ccc(C(C)C)cc3)no2)cc1C(=O)N1CCCC1. The molecule has 10 heteroatoms. The van der Waals surface area contributed by atoms with Crippen molar-refractivity contribution in [3.8, 4) is 11.4 Å². The molecule has 1 aromatic heterocycles. The Morgan fingerprint density at radius 1 is 1.15 bits per heavy atom. The zero-order valence-electron chi connectivity index (χ0n) is 19.4. The monoisotopic (exact) mass is 500 g/mol. The molecule has 4 rings (SSSR count). The number of likely N-dealkylation sites (tertiary alicyclic amines) is 1. The molecule has 3 aromatic rings. The average Bonchev–Trinajstić information content (AvgIpc) is 3.54. The summed E-state index contributed by atoms with van der Waals surface area (Å²) in [5, 5.41) is 3.96. The van der Waals surface area contributed by atoms with E-state index >= 15 is 0 Å². The number of carbonyl (C=O) groups is 1. The van der Waals surface area contributed by atoms with Crippen molar-refractivity contribution >= 4 is 27.7 Å². The van der Waals surface area contributed by atoms with Crippen LogP contribution in [-0.4, -0.2) is 48.7 Å². The minimum Gasteiger partial charge on any atom is -0.339 e. The molecule has 0 radical (unpaired) electrons. The molecule has 0 saturated carbocycles. The predicted molar refractivity (Wildman–Crippen MR) is 131 cm³/mol. The highest BCUT2D eigenvalue weighted by Crippen LogP contribution is 2.26. The van der Waals surface area contributed by atoms with E-state index in [1.165, 1.54) is 29.5 Å². The first-order valence-corrected chi connectivity index (χ1v) is 13.9. The van der Waals surface area contributed by atoms with Crippen LogP contribution in [0.25, 0.3) is 11.4 Å². The summed E-state index contributed by atoms with van der Waals surface area (Å²) in [6, 6.07) is 12.5. The summed E-state index contributed by atoms with van der Waals surface area (Å²) in [5.74, 6) is 0.831. The molecule has 0 spiro atoms. The highest BCUT2D eigenvalue weighted by Gasteiger charge is 2.25. The first-order valence-electron chi connectivity index (χ1n) is 11.2. The van der Waals surface area contributed by atoms with Gasteiger partial charge in [-0.15, -0.1) is 11.8 Å². The minimum atomic E-state index is -3.89. The van der Waals surface area contributed by atoms with Gasteiger partial charge in [0.1, 0.15) is 0 Å². The van der Waals surface area contributed by atoms with Crippen LogP contribution in [0.4, 0.5) is 0 Å². The Morgan fingerprint density at radius 2 is 1.85 bits per heavy atom. The summed E-state index contributed by atoms with van der Waals surface area (Å²) in [6.45, 7) is 5.48. The Kier molecular flexibility index (Phi) is 7.39. The van der Waals surface area contributed by atoms with E-state index in [0.717, 1.165) is 23.3 Å². The van der Waals surface area contributed by atoms with Crippen molar-refractivity contribution in [2.75, 3.05) is 19.3 Å². The summed E-state index contributed by atoms with van der Waals surface area (Å²) in [6.07, 6.45) is 3.80. The molecule has 8 nitrogen and oxygen atoms in total. The third-order valence-electron chi connectivity index (χ3n) is 5.82. The number of aromatic nitrogens is 2. The number of nitrogens with zero attached hydrogens (tertiary/aromatic N) is 3. The van der Waals surface area contributed by atoms with Gasteiger partial charge in [0, 0.05) is 23.5 Å². The molecule has 1 saturated heterocycles. The number of hydrogen-bond acceptors (Lipinski definition) is 7. The molecular weight excluding hydrogens is 472 g/mol. The Balaban J connectivity index is 1.48. The van der Waals surface area contributed by atoms with Gasteiger partial charge in [0.2, 0.25) is 21.7 Å². The normalized spacial score (nSPS) is 14.2. The highest BCUT2D eigenvalue weighted by atomic mass is 32.2. The van der Waals surface area contributed by atoms with Crippen LogP contribution >= 0.6 is 11.8 Å². The lowest BCUT2D eigenvalue weighted by molar-refractivity contribution is 0.0789. The molecule has 1 fully saturated rings. The lowest BCUT2D eigenvalue weighted by Crippen LogP contribution is -2.29. The summed E-state index contributed by atoms with van der Waals surface area (Å²) >= 11 is 1.42. The number of nitrogens with one attached hydrogen (secondary N) is 1. The third kappa shape index (κ3) is 5.34. The second-order valence-electron chi connectivity index (χ2n) is 8.47. The Labute approximate surface area is 204 Å². The van der Waals surface area contributed by atoms with Gasteiger partial charge in [-0.25, -0.2) is 13.1 Å². The van der Waals surface area contributed by atoms with Gasteiger partial charge in [-0.1, -0.05) is 43.3 Å². The summed E-state index contributed by atoms with van der Waals surface area (Å²) in [4.78, 5) is 19.8. The lowest BCUT2D eigenvalue weighted by Gasteiger charge is -2.18. The Bertz CT molecular complexity index is 1260.